The zero-order valence-electron chi connectivity index (χ0n) is 10.6. The molecule has 0 saturated carbocycles. The summed E-state index contributed by atoms with van der Waals surface area (Å²) in [5, 5.41) is 0. The summed E-state index contributed by atoms with van der Waals surface area (Å²) in [5.41, 5.74) is 8.44. The first-order valence-electron chi connectivity index (χ1n) is 5.87. The number of nitrogens with zero attached hydrogens (tertiary/aromatic N) is 1. The van der Waals surface area contributed by atoms with Crippen molar-refractivity contribution in [1.29, 1.82) is 0 Å². The monoisotopic (exact) mass is 230 g/mol. The summed E-state index contributed by atoms with van der Waals surface area (Å²) in [6.45, 7) is 3.99. The molecule has 0 aliphatic heterocycles. The van der Waals surface area contributed by atoms with Crippen molar-refractivity contribution in [2.75, 3.05) is 0 Å². The third-order valence-electron chi connectivity index (χ3n) is 2.13. The van der Waals surface area contributed by atoms with E-state index in [1.165, 1.54) is 0 Å². The Labute approximate surface area is 105 Å². The maximum Gasteiger partial charge on any atom is 0.0628 e. The highest BCUT2D eigenvalue weighted by Gasteiger charge is 1.87. The second-order valence-electron chi connectivity index (χ2n) is 4.08. The minimum absolute atomic E-state index is 0. The molecule has 17 heavy (non-hydrogen) atoms. The van der Waals surface area contributed by atoms with Crippen LogP contribution < -0.4 is 5.73 Å². The van der Waals surface area contributed by atoms with Crippen molar-refractivity contribution >= 4 is 11.4 Å². The SMILES string of the molecule is CC(C)=Nc1ccccc1.NC1=CCCC=C1.[HH]. The summed E-state index contributed by atoms with van der Waals surface area (Å²) in [5.74, 6) is 0. The third kappa shape index (κ3) is 6.36. The molecule has 0 saturated heterocycles. The van der Waals surface area contributed by atoms with Crippen molar-refractivity contribution in [1.82, 2.24) is 0 Å². The largest absolute Gasteiger partial charge is 0.399 e. The fourth-order valence-electron chi connectivity index (χ4n) is 1.39. The van der Waals surface area contributed by atoms with Gasteiger partial charge in [-0.25, -0.2) is 0 Å². The molecule has 2 nitrogen and oxygen atoms in total. The van der Waals surface area contributed by atoms with E-state index in [9.17, 15) is 0 Å². The summed E-state index contributed by atoms with van der Waals surface area (Å²) < 4.78 is 0. The Morgan fingerprint density at radius 1 is 1.18 bits per heavy atom. The predicted octanol–water partition coefficient (Wildman–Crippen LogP) is 4.22. The van der Waals surface area contributed by atoms with Crippen LogP contribution in [0.3, 0.4) is 0 Å². The lowest BCUT2D eigenvalue weighted by atomic mass is 10.2. The quantitative estimate of drug-likeness (QED) is 0.720. The number of nitrogens with two attached hydrogens (primary N) is 1. The second kappa shape index (κ2) is 7.44. The molecular weight excluding hydrogens is 208 g/mol. The number of hydrogen-bond donors (Lipinski definition) is 1. The van der Waals surface area contributed by atoms with Crippen LogP contribution in [0.25, 0.3) is 0 Å². The average molecular weight is 230 g/mol. The van der Waals surface area contributed by atoms with Gasteiger partial charge in [0.2, 0.25) is 0 Å². The van der Waals surface area contributed by atoms with E-state index in [2.05, 4.69) is 11.1 Å². The predicted molar refractivity (Wildman–Crippen MR) is 77.6 cm³/mol. The van der Waals surface area contributed by atoms with E-state index in [0.29, 0.717) is 0 Å². The summed E-state index contributed by atoms with van der Waals surface area (Å²) in [6.07, 6.45) is 8.35. The molecule has 0 amide bonds. The lowest BCUT2D eigenvalue weighted by molar-refractivity contribution is 1.01. The van der Waals surface area contributed by atoms with Gasteiger partial charge in [0.15, 0.2) is 0 Å². The second-order valence-corrected chi connectivity index (χ2v) is 4.08. The van der Waals surface area contributed by atoms with Crippen LogP contribution in [0.4, 0.5) is 5.69 Å². The molecule has 0 atom stereocenters. The first kappa shape index (κ1) is 13.2. The standard InChI is InChI=1S/C9H11N.C6H9N.H2/c1-8(2)10-9-6-4-3-5-7-9;7-6-4-2-1-3-5-6;/h3-7H,1-2H3;2,4-5H,1,3,7H2;1H. The lowest BCUT2D eigenvalue weighted by Gasteiger charge is -1.97. The lowest BCUT2D eigenvalue weighted by Crippen LogP contribution is -1.94. The van der Waals surface area contributed by atoms with Gasteiger partial charge in [0, 0.05) is 12.8 Å². The molecule has 92 valence electrons. The third-order valence-corrected chi connectivity index (χ3v) is 2.13. The van der Waals surface area contributed by atoms with E-state index >= 15 is 0 Å². The molecule has 1 aliphatic rings. The van der Waals surface area contributed by atoms with Crippen LogP contribution in [-0.4, -0.2) is 5.71 Å². The minimum atomic E-state index is 0. The summed E-state index contributed by atoms with van der Waals surface area (Å²) in [6, 6.07) is 9.95. The van der Waals surface area contributed by atoms with E-state index in [1.807, 2.05) is 56.3 Å². The number of hydrogen-bond acceptors (Lipinski definition) is 2. The molecule has 1 aromatic carbocycles. The average Bonchev–Trinajstić information content (AvgIpc) is 2.31. The van der Waals surface area contributed by atoms with Crippen LogP contribution in [0.2, 0.25) is 0 Å². The van der Waals surface area contributed by atoms with E-state index in [4.69, 9.17) is 5.73 Å². The van der Waals surface area contributed by atoms with E-state index in [1.54, 1.807) is 0 Å². The number of allylic oxidation sites excluding steroid dienone is 3. The molecule has 0 radical (unpaired) electrons. The molecule has 0 unspecified atom stereocenters. The van der Waals surface area contributed by atoms with Crippen molar-refractivity contribution < 1.29 is 1.43 Å². The van der Waals surface area contributed by atoms with Crippen molar-refractivity contribution in [3.05, 3.63) is 54.3 Å². The Bertz CT molecular complexity index is 415. The summed E-state index contributed by atoms with van der Waals surface area (Å²) in [7, 11) is 0. The van der Waals surface area contributed by atoms with Gasteiger partial charge < -0.3 is 5.73 Å². The number of aliphatic imine (C=N–C) groups is 1. The highest BCUT2D eigenvalue weighted by molar-refractivity contribution is 5.81. The Morgan fingerprint density at radius 2 is 1.88 bits per heavy atom. The van der Waals surface area contributed by atoms with Gasteiger partial charge in [-0.05, 0) is 44.9 Å². The van der Waals surface area contributed by atoms with Gasteiger partial charge in [-0.2, -0.15) is 0 Å². The smallest absolute Gasteiger partial charge is 0.0628 e. The van der Waals surface area contributed by atoms with Gasteiger partial charge in [0.1, 0.15) is 0 Å². The van der Waals surface area contributed by atoms with Crippen LogP contribution in [0.5, 0.6) is 0 Å². The fraction of sp³-hybridized carbons (Fsp3) is 0.267. The maximum atomic E-state index is 5.41. The molecule has 2 rings (SSSR count). The normalized spacial score (nSPS) is 13.2. The molecule has 1 aromatic rings. The van der Waals surface area contributed by atoms with Gasteiger partial charge in [-0.3, -0.25) is 4.99 Å². The molecular formula is C15H22N2. The number of para-hydroxylation sites is 1. The van der Waals surface area contributed by atoms with E-state index < -0.39 is 0 Å². The van der Waals surface area contributed by atoms with Crippen LogP contribution in [-0.2, 0) is 0 Å². The Balaban J connectivity index is 0.000000321. The Hall–Kier alpha value is -1.83. The molecule has 0 fully saturated rings. The van der Waals surface area contributed by atoms with Crippen molar-refractivity contribution in [2.24, 2.45) is 10.7 Å². The maximum absolute atomic E-state index is 5.41. The number of rotatable bonds is 1. The molecule has 0 spiro atoms. The molecule has 0 aromatic heterocycles. The Kier molecular flexibility index (Phi) is 5.80. The van der Waals surface area contributed by atoms with E-state index in [-0.39, 0.29) is 1.43 Å². The van der Waals surface area contributed by atoms with Crippen molar-refractivity contribution in [3.8, 4) is 0 Å². The van der Waals surface area contributed by atoms with E-state index in [0.717, 1.165) is 29.9 Å². The van der Waals surface area contributed by atoms with Gasteiger partial charge >= 0.3 is 0 Å². The fourth-order valence-corrected chi connectivity index (χ4v) is 1.39. The zero-order chi connectivity index (χ0) is 12.5. The van der Waals surface area contributed by atoms with Gasteiger partial charge in [0.05, 0.1) is 5.69 Å². The Morgan fingerprint density at radius 3 is 2.29 bits per heavy atom. The van der Waals surface area contributed by atoms with Gasteiger partial charge in [-0.1, -0.05) is 30.4 Å². The highest BCUT2D eigenvalue weighted by atomic mass is 14.7. The van der Waals surface area contributed by atoms with Gasteiger partial charge in [0.25, 0.3) is 0 Å². The first-order chi connectivity index (χ1) is 8.18. The van der Waals surface area contributed by atoms with Crippen LogP contribution in [0.15, 0.2) is 59.2 Å². The zero-order valence-corrected chi connectivity index (χ0v) is 10.6. The molecule has 0 bridgehead atoms. The molecule has 2 N–H and O–H groups in total. The topological polar surface area (TPSA) is 38.4 Å². The van der Waals surface area contributed by atoms with Crippen LogP contribution in [0.1, 0.15) is 28.1 Å². The summed E-state index contributed by atoms with van der Waals surface area (Å²) >= 11 is 0. The van der Waals surface area contributed by atoms with Crippen molar-refractivity contribution in [2.45, 2.75) is 26.7 Å². The number of benzene rings is 1. The van der Waals surface area contributed by atoms with Crippen LogP contribution in [0, 0.1) is 0 Å². The molecule has 1 aliphatic carbocycles. The molecule has 0 heterocycles. The molecule has 2 heteroatoms. The van der Waals surface area contributed by atoms with Crippen LogP contribution >= 0.6 is 0 Å². The summed E-state index contributed by atoms with van der Waals surface area (Å²) in [4.78, 5) is 4.28. The van der Waals surface area contributed by atoms with Crippen molar-refractivity contribution in [3.63, 3.8) is 0 Å². The first-order valence-corrected chi connectivity index (χ1v) is 5.87. The minimum Gasteiger partial charge on any atom is -0.399 e. The highest BCUT2D eigenvalue weighted by Crippen LogP contribution is 2.09. The van der Waals surface area contributed by atoms with Gasteiger partial charge in [-0.15, -0.1) is 0 Å².